The van der Waals surface area contributed by atoms with Crippen molar-refractivity contribution in [2.24, 2.45) is 12.8 Å². The fourth-order valence-corrected chi connectivity index (χ4v) is 5.03. The zero-order valence-corrected chi connectivity index (χ0v) is 19.6. The van der Waals surface area contributed by atoms with E-state index in [4.69, 9.17) is 31.3 Å². The highest BCUT2D eigenvalue weighted by Gasteiger charge is 2.30. The average molecular weight is 472 g/mol. The van der Waals surface area contributed by atoms with Gasteiger partial charge in [-0.3, -0.25) is 0 Å². The van der Waals surface area contributed by atoms with E-state index in [9.17, 15) is 0 Å². The Hall–Kier alpha value is -2.42. The second-order valence-corrected chi connectivity index (χ2v) is 9.58. The van der Waals surface area contributed by atoms with E-state index in [1.54, 1.807) is 6.07 Å². The zero-order valence-electron chi connectivity index (χ0n) is 18.8. The van der Waals surface area contributed by atoms with E-state index in [2.05, 4.69) is 26.0 Å². The number of nitrogens with two attached hydrogens (primary N) is 1. The summed E-state index contributed by atoms with van der Waals surface area (Å²) < 4.78 is 19.4. The Labute approximate surface area is 198 Å². The summed E-state index contributed by atoms with van der Waals surface area (Å²) in [5.41, 5.74) is 6.96. The second kappa shape index (κ2) is 9.83. The van der Waals surface area contributed by atoms with Gasteiger partial charge in [-0.1, -0.05) is 22.8 Å². The summed E-state index contributed by atoms with van der Waals surface area (Å²) in [6.07, 6.45) is 6.01. The molecular weight excluding hydrogens is 442 g/mol. The Morgan fingerprint density at radius 3 is 2.67 bits per heavy atom. The number of ether oxygens (including phenoxy) is 2. The van der Waals surface area contributed by atoms with Crippen LogP contribution in [0.1, 0.15) is 79.6 Å². The number of hydrogen-bond acceptors (Lipinski definition) is 7. The van der Waals surface area contributed by atoms with Crippen molar-refractivity contribution >= 4 is 11.6 Å². The third-order valence-corrected chi connectivity index (χ3v) is 7.08. The lowest BCUT2D eigenvalue weighted by molar-refractivity contribution is -0.0111. The molecule has 9 heteroatoms. The van der Waals surface area contributed by atoms with Gasteiger partial charge >= 0.3 is 0 Å². The number of aromatic nitrogens is 4. The van der Waals surface area contributed by atoms with Crippen LogP contribution in [0, 0.1) is 0 Å². The summed E-state index contributed by atoms with van der Waals surface area (Å²) in [7, 11) is 2.01. The molecule has 0 bridgehead atoms. The van der Waals surface area contributed by atoms with Crippen LogP contribution in [0.5, 0.6) is 5.75 Å². The molecule has 1 aliphatic carbocycles. The Morgan fingerprint density at radius 2 is 1.91 bits per heavy atom. The van der Waals surface area contributed by atoms with E-state index >= 15 is 0 Å². The molecule has 2 atom stereocenters. The lowest BCUT2D eigenvalue weighted by Gasteiger charge is -2.26. The molecule has 8 nitrogen and oxygen atoms in total. The van der Waals surface area contributed by atoms with Crippen molar-refractivity contribution in [3.8, 4) is 5.75 Å². The van der Waals surface area contributed by atoms with Gasteiger partial charge in [-0.15, -0.1) is 10.2 Å². The molecule has 0 spiro atoms. The molecule has 33 heavy (non-hydrogen) atoms. The summed E-state index contributed by atoms with van der Waals surface area (Å²) in [5.74, 6) is 4.17. The maximum atomic E-state index is 6.03. The van der Waals surface area contributed by atoms with Gasteiger partial charge in [0, 0.05) is 36.0 Å². The third kappa shape index (κ3) is 5.08. The molecule has 5 rings (SSSR count). The molecular formula is C24H30ClN5O3. The molecule has 176 valence electrons. The first kappa shape index (κ1) is 22.4. The lowest BCUT2D eigenvalue weighted by atomic mass is 9.80. The van der Waals surface area contributed by atoms with Crippen LogP contribution in [-0.2, 0) is 18.4 Å². The van der Waals surface area contributed by atoms with E-state index in [1.165, 1.54) is 0 Å². The van der Waals surface area contributed by atoms with Gasteiger partial charge in [-0.2, -0.15) is 0 Å². The third-order valence-electron chi connectivity index (χ3n) is 6.85. The van der Waals surface area contributed by atoms with E-state index < -0.39 is 0 Å². The molecule has 1 aromatic carbocycles. The van der Waals surface area contributed by atoms with E-state index in [-0.39, 0.29) is 12.1 Å². The average Bonchev–Trinajstić information content (AvgIpc) is 3.46. The molecule has 2 aliphatic rings. The molecule has 0 unspecified atom stereocenters. The van der Waals surface area contributed by atoms with E-state index in [0.717, 1.165) is 67.4 Å². The first-order valence-corrected chi connectivity index (χ1v) is 12.0. The molecule has 0 amide bonds. The maximum absolute atomic E-state index is 6.03. The van der Waals surface area contributed by atoms with Crippen LogP contribution in [0.3, 0.4) is 0 Å². The SMILES string of the molecule is Cn1c(COc2cccc(Cl)c2)nnc1C1CCC(c2cc([C@@H]3CC[C@@H](N)CO3)on2)CC1. The predicted octanol–water partition coefficient (Wildman–Crippen LogP) is 4.66. The molecule has 1 aliphatic heterocycles. The van der Waals surface area contributed by atoms with Gasteiger partial charge in [-0.25, -0.2) is 0 Å². The minimum Gasteiger partial charge on any atom is -0.486 e. The standard InChI is InChI=1S/C24H30ClN5O3/c1-30-23(14-31-19-4-2-3-17(25)11-19)27-28-24(30)16-7-5-15(6-8-16)20-12-22(33-29-20)21-10-9-18(26)13-32-21/h2-4,11-12,15-16,18,21H,5-10,13-14,26H2,1H3/t15?,16?,18-,21+/m1/s1. The smallest absolute Gasteiger partial charge is 0.170 e. The fourth-order valence-electron chi connectivity index (χ4n) is 4.85. The van der Waals surface area contributed by atoms with Gasteiger partial charge in [0.1, 0.15) is 24.3 Å². The van der Waals surface area contributed by atoms with Crippen LogP contribution in [0.2, 0.25) is 5.02 Å². The molecule has 1 saturated carbocycles. The number of hydrogen-bond donors (Lipinski definition) is 1. The van der Waals surface area contributed by atoms with Crippen molar-refractivity contribution in [1.29, 1.82) is 0 Å². The van der Waals surface area contributed by atoms with Gasteiger partial charge in [-0.05, 0) is 56.7 Å². The summed E-state index contributed by atoms with van der Waals surface area (Å²) >= 11 is 6.03. The highest BCUT2D eigenvalue weighted by atomic mass is 35.5. The Morgan fingerprint density at radius 1 is 1.09 bits per heavy atom. The number of halogens is 1. The maximum Gasteiger partial charge on any atom is 0.170 e. The van der Waals surface area contributed by atoms with Crippen molar-refractivity contribution in [2.75, 3.05) is 6.61 Å². The van der Waals surface area contributed by atoms with Gasteiger partial charge in [0.25, 0.3) is 0 Å². The molecule has 3 heterocycles. The summed E-state index contributed by atoms with van der Waals surface area (Å²) in [6, 6.07) is 9.58. The van der Waals surface area contributed by atoms with Gasteiger partial charge in [0.05, 0.1) is 12.3 Å². The van der Waals surface area contributed by atoms with Gasteiger partial charge < -0.3 is 24.3 Å². The molecule has 2 fully saturated rings. The molecule has 1 saturated heterocycles. The number of nitrogens with zero attached hydrogens (tertiary/aromatic N) is 4. The second-order valence-electron chi connectivity index (χ2n) is 9.14. The molecule has 2 aromatic heterocycles. The summed E-state index contributed by atoms with van der Waals surface area (Å²) in [6.45, 7) is 0.935. The Bertz CT molecular complexity index is 1070. The highest BCUT2D eigenvalue weighted by molar-refractivity contribution is 6.30. The van der Waals surface area contributed by atoms with Crippen LogP contribution in [0.15, 0.2) is 34.9 Å². The molecule has 3 aromatic rings. The minimum atomic E-state index is -0.0198. The Balaban J connectivity index is 1.16. The van der Waals surface area contributed by atoms with Crippen molar-refractivity contribution in [3.63, 3.8) is 0 Å². The van der Waals surface area contributed by atoms with Crippen molar-refractivity contribution in [1.82, 2.24) is 19.9 Å². The van der Waals surface area contributed by atoms with Crippen LogP contribution in [-0.4, -0.2) is 32.6 Å². The topological polar surface area (TPSA) is 101 Å². The lowest BCUT2D eigenvalue weighted by Crippen LogP contribution is -2.32. The van der Waals surface area contributed by atoms with E-state index in [1.807, 2.05) is 25.2 Å². The van der Waals surface area contributed by atoms with Crippen LogP contribution >= 0.6 is 11.6 Å². The Kier molecular flexibility index (Phi) is 6.66. The van der Waals surface area contributed by atoms with Gasteiger partial charge in [0.15, 0.2) is 11.6 Å². The minimum absolute atomic E-state index is 0.0198. The molecule has 2 N–H and O–H groups in total. The van der Waals surface area contributed by atoms with Crippen molar-refractivity contribution in [3.05, 3.63) is 58.5 Å². The van der Waals surface area contributed by atoms with Crippen LogP contribution in [0.4, 0.5) is 0 Å². The summed E-state index contributed by atoms with van der Waals surface area (Å²) in [4.78, 5) is 0. The van der Waals surface area contributed by atoms with Crippen LogP contribution in [0.25, 0.3) is 0 Å². The van der Waals surface area contributed by atoms with Crippen molar-refractivity contribution in [2.45, 2.75) is 69.1 Å². The van der Waals surface area contributed by atoms with Crippen molar-refractivity contribution < 1.29 is 14.0 Å². The first-order chi connectivity index (χ1) is 16.1. The zero-order chi connectivity index (χ0) is 22.8. The van der Waals surface area contributed by atoms with Gasteiger partial charge in [0.2, 0.25) is 0 Å². The number of rotatable bonds is 6. The number of benzene rings is 1. The largest absolute Gasteiger partial charge is 0.486 e. The molecule has 0 radical (unpaired) electrons. The quantitative estimate of drug-likeness (QED) is 0.558. The van der Waals surface area contributed by atoms with Crippen LogP contribution < -0.4 is 10.5 Å². The monoisotopic (exact) mass is 471 g/mol. The normalized spacial score (nSPS) is 25.8. The highest BCUT2D eigenvalue weighted by Crippen LogP contribution is 2.40. The van der Waals surface area contributed by atoms with E-state index in [0.29, 0.717) is 30.1 Å². The summed E-state index contributed by atoms with van der Waals surface area (Å²) in [5, 5.41) is 13.9. The first-order valence-electron chi connectivity index (χ1n) is 11.7. The fraction of sp³-hybridized carbons (Fsp3) is 0.542. The predicted molar refractivity (Wildman–Crippen MR) is 123 cm³/mol.